The zero-order valence-electron chi connectivity index (χ0n) is 13.6. The van der Waals surface area contributed by atoms with Crippen LogP contribution in [0.25, 0.3) is 0 Å². The van der Waals surface area contributed by atoms with Gasteiger partial charge in [-0.3, -0.25) is 9.59 Å². The molecule has 3 heterocycles. The van der Waals surface area contributed by atoms with Crippen molar-refractivity contribution in [3.8, 4) is 11.5 Å². The number of hydrogen-bond acceptors (Lipinski definition) is 6. The van der Waals surface area contributed by atoms with Crippen LogP contribution in [0.4, 0.5) is 0 Å². The molecule has 0 unspecified atom stereocenters. The van der Waals surface area contributed by atoms with Gasteiger partial charge < -0.3 is 14.8 Å². The van der Waals surface area contributed by atoms with Gasteiger partial charge in [0, 0.05) is 15.8 Å². The summed E-state index contributed by atoms with van der Waals surface area (Å²) in [5.74, 6) is 0.984. The van der Waals surface area contributed by atoms with E-state index in [-0.39, 0.29) is 18.3 Å². The molecular weight excluding hydrogens is 370 g/mol. The normalized spacial score (nSPS) is 15.5. The molecule has 1 amide bonds. The molecule has 0 saturated heterocycles. The van der Waals surface area contributed by atoms with Crippen LogP contribution in [-0.4, -0.2) is 24.4 Å². The van der Waals surface area contributed by atoms with E-state index < -0.39 is 6.10 Å². The second-order valence-electron chi connectivity index (χ2n) is 5.69. The monoisotopic (exact) mass is 385 g/mol. The van der Waals surface area contributed by atoms with Crippen molar-refractivity contribution in [3.63, 3.8) is 0 Å². The summed E-state index contributed by atoms with van der Waals surface area (Å²) in [4.78, 5) is 26.2. The summed E-state index contributed by atoms with van der Waals surface area (Å²) in [6.45, 7) is 0.525. The minimum absolute atomic E-state index is 0.00875. The van der Waals surface area contributed by atoms with Crippen molar-refractivity contribution >= 4 is 34.4 Å². The Hall–Kier alpha value is -2.64. The van der Waals surface area contributed by atoms with E-state index in [0.717, 1.165) is 4.88 Å². The van der Waals surface area contributed by atoms with Crippen molar-refractivity contribution in [2.24, 2.45) is 0 Å². The number of ketones is 1. The summed E-state index contributed by atoms with van der Waals surface area (Å²) in [5, 5.41) is 6.56. The molecule has 0 saturated carbocycles. The molecular formula is C19H15NO4S2. The zero-order valence-corrected chi connectivity index (χ0v) is 15.3. The number of para-hydroxylation sites is 2. The Morgan fingerprint density at radius 2 is 1.96 bits per heavy atom. The molecule has 7 heteroatoms. The standard InChI is InChI=1S/C19H15NO4S2/c21-18(12-7-8-25-11-12)17-6-5-13(26-17)9-20-19(22)16-10-23-14-3-1-2-4-15(14)24-16/h1-8,11,16H,9-10H2,(H,20,22)/t16-/m1/s1. The van der Waals surface area contributed by atoms with E-state index >= 15 is 0 Å². The molecule has 0 spiro atoms. The highest BCUT2D eigenvalue weighted by Crippen LogP contribution is 2.31. The number of thiophene rings is 2. The Bertz CT molecular complexity index is 933. The summed E-state index contributed by atoms with van der Waals surface area (Å²) >= 11 is 2.88. The highest BCUT2D eigenvalue weighted by atomic mass is 32.1. The number of benzene rings is 1. The molecule has 132 valence electrons. The van der Waals surface area contributed by atoms with Crippen LogP contribution < -0.4 is 14.8 Å². The molecule has 1 aliphatic rings. The number of carbonyl (C=O) groups is 2. The van der Waals surface area contributed by atoms with Gasteiger partial charge in [0.15, 0.2) is 11.5 Å². The third-order valence-corrected chi connectivity index (χ3v) is 5.67. The van der Waals surface area contributed by atoms with E-state index in [9.17, 15) is 9.59 Å². The van der Waals surface area contributed by atoms with E-state index in [1.807, 2.05) is 35.0 Å². The summed E-state index contributed by atoms with van der Waals surface area (Å²) in [6.07, 6.45) is -0.684. The fraction of sp³-hybridized carbons (Fsp3) is 0.158. The molecule has 1 atom stereocenters. The Balaban J connectivity index is 1.35. The fourth-order valence-electron chi connectivity index (χ4n) is 2.57. The Morgan fingerprint density at radius 1 is 1.12 bits per heavy atom. The first kappa shape index (κ1) is 16.8. The second kappa shape index (κ2) is 7.31. The van der Waals surface area contributed by atoms with E-state index in [4.69, 9.17) is 9.47 Å². The van der Waals surface area contributed by atoms with Gasteiger partial charge in [-0.25, -0.2) is 0 Å². The van der Waals surface area contributed by atoms with Crippen LogP contribution in [0, 0.1) is 0 Å². The number of hydrogen-bond donors (Lipinski definition) is 1. The van der Waals surface area contributed by atoms with E-state index in [1.54, 1.807) is 18.2 Å². The van der Waals surface area contributed by atoms with Crippen molar-refractivity contribution in [2.45, 2.75) is 12.6 Å². The summed E-state index contributed by atoms with van der Waals surface area (Å²) in [6, 6.07) is 12.7. The quantitative estimate of drug-likeness (QED) is 0.683. The van der Waals surface area contributed by atoms with Gasteiger partial charge in [-0.15, -0.1) is 11.3 Å². The van der Waals surface area contributed by atoms with Crippen LogP contribution in [0.5, 0.6) is 11.5 Å². The van der Waals surface area contributed by atoms with E-state index in [2.05, 4.69) is 5.32 Å². The van der Waals surface area contributed by atoms with Gasteiger partial charge in [0.05, 0.1) is 11.4 Å². The third kappa shape index (κ3) is 3.49. The van der Waals surface area contributed by atoms with Crippen LogP contribution in [0.1, 0.15) is 20.1 Å². The summed E-state index contributed by atoms with van der Waals surface area (Å²) < 4.78 is 11.2. The smallest absolute Gasteiger partial charge is 0.264 e. The van der Waals surface area contributed by atoms with Crippen molar-refractivity contribution in [1.29, 1.82) is 0 Å². The van der Waals surface area contributed by atoms with Gasteiger partial charge in [0.1, 0.15) is 6.61 Å². The number of carbonyl (C=O) groups excluding carboxylic acids is 2. The SMILES string of the molecule is O=C(c1ccsc1)c1ccc(CNC(=O)[C@H]2COc3ccccc3O2)s1. The van der Waals surface area contributed by atoms with E-state index in [1.165, 1.54) is 22.7 Å². The molecule has 3 aromatic rings. The van der Waals surface area contributed by atoms with Crippen LogP contribution in [0.15, 0.2) is 53.2 Å². The van der Waals surface area contributed by atoms with Crippen molar-refractivity contribution in [2.75, 3.05) is 6.61 Å². The topological polar surface area (TPSA) is 64.6 Å². The minimum Gasteiger partial charge on any atom is -0.485 e. The molecule has 5 nitrogen and oxygen atoms in total. The molecule has 26 heavy (non-hydrogen) atoms. The molecule has 1 aliphatic heterocycles. The lowest BCUT2D eigenvalue weighted by molar-refractivity contribution is -0.130. The maximum atomic E-state index is 12.3. The van der Waals surface area contributed by atoms with Gasteiger partial charge in [0.25, 0.3) is 5.91 Å². The largest absolute Gasteiger partial charge is 0.485 e. The predicted molar refractivity (Wildman–Crippen MR) is 100 cm³/mol. The third-order valence-electron chi connectivity index (χ3n) is 3.91. The second-order valence-corrected chi connectivity index (χ2v) is 7.64. The highest BCUT2D eigenvalue weighted by Gasteiger charge is 2.27. The lowest BCUT2D eigenvalue weighted by Crippen LogP contribution is -2.43. The molecule has 1 N–H and O–H groups in total. The van der Waals surface area contributed by atoms with Crippen LogP contribution in [-0.2, 0) is 11.3 Å². The van der Waals surface area contributed by atoms with Gasteiger partial charge in [-0.05, 0) is 35.7 Å². The van der Waals surface area contributed by atoms with Crippen molar-refractivity contribution in [3.05, 3.63) is 68.5 Å². The Kier molecular flexibility index (Phi) is 4.73. The van der Waals surface area contributed by atoms with Crippen molar-refractivity contribution < 1.29 is 19.1 Å². The number of ether oxygens (including phenoxy) is 2. The van der Waals surface area contributed by atoms with Crippen LogP contribution >= 0.6 is 22.7 Å². The molecule has 2 aromatic heterocycles. The van der Waals surface area contributed by atoms with Crippen molar-refractivity contribution in [1.82, 2.24) is 5.32 Å². The first-order valence-electron chi connectivity index (χ1n) is 8.02. The number of amides is 1. The number of fused-ring (bicyclic) bond motifs is 1. The average molecular weight is 385 g/mol. The molecule has 1 aromatic carbocycles. The van der Waals surface area contributed by atoms with Gasteiger partial charge >= 0.3 is 0 Å². The summed E-state index contributed by atoms with van der Waals surface area (Å²) in [5.41, 5.74) is 0.693. The lowest BCUT2D eigenvalue weighted by Gasteiger charge is -2.25. The maximum absolute atomic E-state index is 12.3. The average Bonchev–Trinajstić information content (AvgIpc) is 3.37. The van der Waals surface area contributed by atoms with Gasteiger partial charge in [0.2, 0.25) is 11.9 Å². The first-order valence-corrected chi connectivity index (χ1v) is 9.78. The molecule has 0 fully saturated rings. The maximum Gasteiger partial charge on any atom is 0.264 e. The zero-order chi connectivity index (χ0) is 17.9. The van der Waals surface area contributed by atoms with E-state index in [0.29, 0.717) is 28.5 Å². The molecule has 0 radical (unpaired) electrons. The molecule has 0 bridgehead atoms. The summed E-state index contributed by atoms with van der Waals surface area (Å²) in [7, 11) is 0. The number of rotatable bonds is 5. The van der Waals surface area contributed by atoms with Gasteiger partial charge in [-0.2, -0.15) is 11.3 Å². The highest BCUT2D eigenvalue weighted by molar-refractivity contribution is 7.14. The minimum atomic E-state index is -0.684. The van der Waals surface area contributed by atoms with Crippen LogP contribution in [0.2, 0.25) is 0 Å². The molecule has 4 rings (SSSR count). The predicted octanol–water partition coefficient (Wildman–Crippen LogP) is 3.50. The van der Waals surface area contributed by atoms with Crippen LogP contribution in [0.3, 0.4) is 0 Å². The Morgan fingerprint density at radius 3 is 2.77 bits per heavy atom. The first-order chi connectivity index (χ1) is 12.7. The molecule has 0 aliphatic carbocycles. The van der Waals surface area contributed by atoms with Gasteiger partial charge in [-0.1, -0.05) is 12.1 Å². The lowest BCUT2D eigenvalue weighted by atomic mass is 10.2. The Labute approximate surface area is 158 Å². The fourth-order valence-corrected chi connectivity index (χ4v) is 4.11. The number of nitrogens with one attached hydrogen (secondary N) is 1.